The van der Waals surface area contributed by atoms with Crippen molar-refractivity contribution in [2.45, 2.75) is 13.8 Å². The summed E-state index contributed by atoms with van der Waals surface area (Å²) in [6, 6.07) is 5.22. The van der Waals surface area contributed by atoms with Crippen LogP contribution in [0.3, 0.4) is 0 Å². The summed E-state index contributed by atoms with van der Waals surface area (Å²) in [6.07, 6.45) is 3.59. The molecule has 0 radical (unpaired) electrons. The quantitative estimate of drug-likeness (QED) is 0.576. The molecule has 0 aliphatic heterocycles. The van der Waals surface area contributed by atoms with Crippen LogP contribution in [0.4, 0.5) is 4.39 Å². The predicted octanol–water partition coefficient (Wildman–Crippen LogP) is 3.17. The molecule has 0 aliphatic rings. The van der Waals surface area contributed by atoms with Gasteiger partial charge in [0.1, 0.15) is 5.82 Å². The van der Waals surface area contributed by atoms with Gasteiger partial charge in [0.25, 0.3) is 0 Å². The van der Waals surface area contributed by atoms with E-state index in [-0.39, 0.29) is 5.82 Å². The lowest BCUT2D eigenvalue weighted by Crippen LogP contribution is -1.82. The highest BCUT2D eigenvalue weighted by atomic mass is 19.1. The Labute approximate surface area is 66.4 Å². The maximum Gasteiger partial charge on any atom is 0.130 e. The molecule has 0 atom stereocenters. The average Bonchev–Trinajstić information content (AvgIpc) is 1.95. The fourth-order valence-corrected chi connectivity index (χ4v) is 0.947. The number of hydrogen-bond acceptors (Lipinski definition) is 0. The van der Waals surface area contributed by atoms with Crippen LogP contribution < -0.4 is 0 Å². The number of benzene rings is 1. The number of hydrogen-bond donors (Lipinski definition) is 0. The Balaban J connectivity index is 3.09. The zero-order valence-electron chi connectivity index (χ0n) is 6.76. The van der Waals surface area contributed by atoms with Crippen molar-refractivity contribution in [3.05, 3.63) is 41.2 Å². The van der Waals surface area contributed by atoms with Crippen LogP contribution in [0.5, 0.6) is 0 Å². The van der Waals surface area contributed by atoms with Crippen LogP contribution in [0.25, 0.3) is 6.08 Å². The summed E-state index contributed by atoms with van der Waals surface area (Å²) < 4.78 is 13.0. The van der Waals surface area contributed by atoms with Gasteiger partial charge in [0, 0.05) is 5.56 Å². The van der Waals surface area contributed by atoms with Crippen molar-refractivity contribution in [2.24, 2.45) is 0 Å². The van der Waals surface area contributed by atoms with E-state index in [2.05, 4.69) is 0 Å². The molecule has 0 bridgehead atoms. The van der Waals surface area contributed by atoms with Crippen LogP contribution in [0, 0.1) is 12.7 Å². The van der Waals surface area contributed by atoms with Gasteiger partial charge in [0.15, 0.2) is 0 Å². The Morgan fingerprint density at radius 3 is 2.64 bits per heavy atom. The summed E-state index contributed by atoms with van der Waals surface area (Å²) in [5, 5.41) is 0. The van der Waals surface area contributed by atoms with Crippen LogP contribution in [0.1, 0.15) is 18.1 Å². The monoisotopic (exact) mass is 150 g/mol. The van der Waals surface area contributed by atoms with Crippen LogP contribution >= 0.6 is 0 Å². The number of aryl methyl sites for hydroxylation is 1. The fourth-order valence-electron chi connectivity index (χ4n) is 0.947. The summed E-state index contributed by atoms with van der Waals surface area (Å²) in [5.41, 5.74) is 1.61. The van der Waals surface area contributed by atoms with E-state index in [9.17, 15) is 4.39 Å². The highest BCUT2D eigenvalue weighted by molar-refractivity contribution is 5.50. The van der Waals surface area contributed by atoms with E-state index in [1.807, 2.05) is 26.0 Å². The summed E-state index contributed by atoms with van der Waals surface area (Å²) >= 11 is 0. The molecule has 0 aromatic heterocycles. The van der Waals surface area contributed by atoms with Crippen LogP contribution in [-0.4, -0.2) is 0 Å². The summed E-state index contributed by atoms with van der Waals surface area (Å²) in [7, 11) is 0. The maximum atomic E-state index is 13.0. The lowest BCUT2D eigenvalue weighted by Gasteiger charge is -1.96. The van der Waals surface area contributed by atoms with Gasteiger partial charge in [-0.05, 0) is 25.5 Å². The molecule has 0 saturated heterocycles. The zero-order chi connectivity index (χ0) is 8.27. The minimum absolute atomic E-state index is 0.150. The van der Waals surface area contributed by atoms with Gasteiger partial charge in [-0.2, -0.15) is 0 Å². The number of rotatable bonds is 1. The van der Waals surface area contributed by atoms with E-state index in [1.165, 1.54) is 6.07 Å². The van der Waals surface area contributed by atoms with Crippen molar-refractivity contribution in [3.63, 3.8) is 0 Å². The molecule has 1 rings (SSSR count). The molecule has 0 fully saturated rings. The van der Waals surface area contributed by atoms with E-state index in [0.29, 0.717) is 5.56 Å². The predicted molar refractivity (Wildman–Crippen MR) is 45.8 cm³/mol. The lowest BCUT2D eigenvalue weighted by molar-refractivity contribution is 0.624. The molecule has 0 saturated carbocycles. The molecule has 0 aliphatic carbocycles. The van der Waals surface area contributed by atoms with Gasteiger partial charge in [0.2, 0.25) is 0 Å². The molecule has 0 nitrogen and oxygen atoms in total. The first kappa shape index (κ1) is 7.99. The largest absolute Gasteiger partial charge is 0.206 e. The molecule has 0 unspecified atom stereocenters. The molecule has 58 valence electrons. The molecule has 11 heavy (non-hydrogen) atoms. The van der Waals surface area contributed by atoms with Gasteiger partial charge in [-0.1, -0.05) is 24.3 Å². The third kappa shape index (κ3) is 1.90. The maximum absolute atomic E-state index is 13.0. The molecule has 0 amide bonds. The number of allylic oxidation sites excluding steroid dienone is 1. The molecular formula is C10H11F. The smallest absolute Gasteiger partial charge is 0.130 e. The first-order valence-electron chi connectivity index (χ1n) is 3.63. The normalized spacial score (nSPS) is 10.8. The van der Waals surface area contributed by atoms with Crippen LogP contribution in [0.15, 0.2) is 24.3 Å². The first-order chi connectivity index (χ1) is 5.24. The molecular weight excluding hydrogens is 139 g/mol. The van der Waals surface area contributed by atoms with Crippen LogP contribution in [-0.2, 0) is 0 Å². The fraction of sp³-hybridized carbons (Fsp3) is 0.200. The molecule has 0 heterocycles. The Hall–Kier alpha value is -1.11. The van der Waals surface area contributed by atoms with E-state index in [1.54, 1.807) is 12.1 Å². The summed E-state index contributed by atoms with van der Waals surface area (Å²) in [5.74, 6) is -0.150. The van der Waals surface area contributed by atoms with Crippen molar-refractivity contribution < 1.29 is 4.39 Å². The van der Waals surface area contributed by atoms with Gasteiger partial charge < -0.3 is 0 Å². The Morgan fingerprint density at radius 1 is 1.36 bits per heavy atom. The van der Waals surface area contributed by atoms with Crippen molar-refractivity contribution in [1.82, 2.24) is 0 Å². The summed E-state index contributed by atoms with van der Waals surface area (Å²) in [6.45, 7) is 3.75. The van der Waals surface area contributed by atoms with Gasteiger partial charge >= 0.3 is 0 Å². The third-order valence-corrected chi connectivity index (χ3v) is 1.50. The second-order valence-electron chi connectivity index (χ2n) is 2.52. The van der Waals surface area contributed by atoms with Gasteiger partial charge in [-0.15, -0.1) is 0 Å². The van der Waals surface area contributed by atoms with Crippen molar-refractivity contribution in [2.75, 3.05) is 0 Å². The van der Waals surface area contributed by atoms with Gasteiger partial charge in [-0.25, -0.2) is 4.39 Å². The SMILES string of the molecule is CC=Cc1ccc(C)cc1F. The zero-order valence-corrected chi connectivity index (χ0v) is 6.76. The van der Waals surface area contributed by atoms with Crippen LogP contribution in [0.2, 0.25) is 0 Å². The Bertz CT molecular complexity index is 274. The van der Waals surface area contributed by atoms with Crippen molar-refractivity contribution in [1.29, 1.82) is 0 Å². The molecule has 1 heteroatoms. The molecule has 1 aromatic rings. The van der Waals surface area contributed by atoms with Crippen molar-refractivity contribution >= 4 is 6.08 Å². The van der Waals surface area contributed by atoms with E-state index in [4.69, 9.17) is 0 Å². The Morgan fingerprint density at radius 2 is 2.09 bits per heavy atom. The van der Waals surface area contributed by atoms with Gasteiger partial charge in [0.05, 0.1) is 0 Å². The molecule has 0 N–H and O–H groups in total. The second-order valence-corrected chi connectivity index (χ2v) is 2.52. The highest BCUT2D eigenvalue weighted by Crippen LogP contribution is 2.10. The lowest BCUT2D eigenvalue weighted by atomic mass is 10.1. The third-order valence-electron chi connectivity index (χ3n) is 1.50. The highest BCUT2D eigenvalue weighted by Gasteiger charge is 1.96. The summed E-state index contributed by atoms with van der Waals surface area (Å²) in [4.78, 5) is 0. The standard InChI is InChI=1S/C10H11F/c1-3-4-9-6-5-8(2)7-10(9)11/h3-7H,1-2H3. The van der Waals surface area contributed by atoms with Crippen molar-refractivity contribution in [3.8, 4) is 0 Å². The van der Waals surface area contributed by atoms with E-state index >= 15 is 0 Å². The number of halogens is 1. The Kier molecular flexibility index (Phi) is 2.42. The van der Waals surface area contributed by atoms with Gasteiger partial charge in [-0.3, -0.25) is 0 Å². The minimum Gasteiger partial charge on any atom is -0.206 e. The molecule has 1 aromatic carbocycles. The van der Waals surface area contributed by atoms with E-state index in [0.717, 1.165) is 5.56 Å². The topological polar surface area (TPSA) is 0 Å². The second kappa shape index (κ2) is 3.33. The van der Waals surface area contributed by atoms with E-state index < -0.39 is 0 Å². The minimum atomic E-state index is -0.150. The first-order valence-corrected chi connectivity index (χ1v) is 3.63. The molecule has 0 spiro atoms. The average molecular weight is 150 g/mol.